The van der Waals surface area contributed by atoms with Crippen molar-refractivity contribution in [1.29, 1.82) is 0 Å². The molecule has 1 aromatic heterocycles. The van der Waals surface area contributed by atoms with Gasteiger partial charge in [-0.3, -0.25) is 0 Å². The van der Waals surface area contributed by atoms with Crippen LogP contribution in [0, 0.1) is 13.8 Å². The van der Waals surface area contributed by atoms with Crippen LogP contribution < -0.4 is 4.74 Å². The van der Waals surface area contributed by atoms with Crippen molar-refractivity contribution in [2.24, 2.45) is 0 Å². The number of ether oxygens (including phenoxy) is 1. The standard InChI is InChI=1S/C14H13ClO3S/c1-8-5-11(15)3-4-12(8)18-7-10-6-13(14(16)17)19-9(10)2/h3-6H,7H2,1-2H3,(H,16,17). The highest BCUT2D eigenvalue weighted by molar-refractivity contribution is 7.14. The molecule has 2 aromatic rings. The molecule has 0 atom stereocenters. The van der Waals surface area contributed by atoms with Gasteiger partial charge in [0.2, 0.25) is 0 Å². The SMILES string of the molecule is Cc1cc(Cl)ccc1OCc1cc(C(=O)O)sc1C. The second-order valence-corrected chi connectivity index (χ2v) is 5.89. The highest BCUT2D eigenvalue weighted by Gasteiger charge is 2.11. The summed E-state index contributed by atoms with van der Waals surface area (Å²) in [4.78, 5) is 12.2. The molecule has 0 aliphatic carbocycles. The minimum atomic E-state index is -0.901. The Morgan fingerprint density at radius 1 is 1.37 bits per heavy atom. The van der Waals surface area contributed by atoms with E-state index in [1.54, 1.807) is 12.1 Å². The number of hydrogen-bond acceptors (Lipinski definition) is 3. The lowest BCUT2D eigenvalue weighted by atomic mass is 10.2. The molecular formula is C14H13ClO3S. The van der Waals surface area contributed by atoms with Gasteiger partial charge in [-0.2, -0.15) is 0 Å². The maximum atomic E-state index is 10.9. The Hall–Kier alpha value is -1.52. The van der Waals surface area contributed by atoms with Gasteiger partial charge in [0.05, 0.1) is 0 Å². The van der Waals surface area contributed by atoms with Gasteiger partial charge in [-0.25, -0.2) is 4.79 Å². The number of carboxylic acids is 1. The number of aromatic carboxylic acids is 1. The minimum Gasteiger partial charge on any atom is -0.489 e. The van der Waals surface area contributed by atoms with E-state index < -0.39 is 5.97 Å². The van der Waals surface area contributed by atoms with E-state index in [-0.39, 0.29) is 0 Å². The summed E-state index contributed by atoms with van der Waals surface area (Å²) in [6.07, 6.45) is 0. The summed E-state index contributed by atoms with van der Waals surface area (Å²) in [6.45, 7) is 4.17. The molecule has 2 rings (SSSR count). The van der Waals surface area contributed by atoms with Crippen LogP contribution >= 0.6 is 22.9 Å². The fraction of sp³-hybridized carbons (Fsp3) is 0.214. The molecule has 0 amide bonds. The van der Waals surface area contributed by atoms with Crippen LogP contribution in [0.15, 0.2) is 24.3 Å². The second kappa shape index (κ2) is 5.63. The van der Waals surface area contributed by atoms with E-state index in [0.717, 1.165) is 21.8 Å². The summed E-state index contributed by atoms with van der Waals surface area (Å²) in [5.74, 6) is -0.145. The summed E-state index contributed by atoms with van der Waals surface area (Å²) >= 11 is 7.14. The maximum Gasteiger partial charge on any atom is 0.345 e. The zero-order valence-electron chi connectivity index (χ0n) is 10.6. The average molecular weight is 297 g/mol. The Morgan fingerprint density at radius 2 is 2.11 bits per heavy atom. The van der Waals surface area contributed by atoms with E-state index in [9.17, 15) is 4.79 Å². The topological polar surface area (TPSA) is 46.5 Å². The van der Waals surface area contributed by atoms with Crippen LogP contribution in [0.1, 0.15) is 25.7 Å². The first-order valence-electron chi connectivity index (χ1n) is 5.69. The van der Waals surface area contributed by atoms with Crippen molar-refractivity contribution in [3.05, 3.63) is 50.2 Å². The number of carbonyl (C=O) groups is 1. The highest BCUT2D eigenvalue weighted by atomic mass is 35.5. The number of rotatable bonds is 4. The Bertz CT molecular complexity index is 619. The van der Waals surface area contributed by atoms with E-state index in [0.29, 0.717) is 16.5 Å². The molecule has 0 bridgehead atoms. The monoisotopic (exact) mass is 296 g/mol. The van der Waals surface area contributed by atoms with Crippen LogP contribution in [0.4, 0.5) is 0 Å². The molecule has 0 radical (unpaired) electrons. The van der Waals surface area contributed by atoms with Crippen LogP contribution in [0.3, 0.4) is 0 Å². The van der Waals surface area contributed by atoms with Gasteiger partial charge in [0.1, 0.15) is 17.2 Å². The van der Waals surface area contributed by atoms with Gasteiger partial charge in [0.25, 0.3) is 0 Å². The molecule has 0 aliphatic rings. The summed E-state index contributed by atoms with van der Waals surface area (Å²) in [5, 5.41) is 9.61. The normalized spacial score (nSPS) is 10.5. The second-order valence-electron chi connectivity index (χ2n) is 4.20. The van der Waals surface area contributed by atoms with Crippen LogP contribution in [-0.2, 0) is 6.61 Å². The quantitative estimate of drug-likeness (QED) is 0.915. The van der Waals surface area contributed by atoms with Gasteiger partial charge in [-0.1, -0.05) is 11.6 Å². The van der Waals surface area contributed by atoms with E-state index in [1.165, 1.54) is 11.3 Å². The largest absolute Gasteiger partial charge is 0.489 e. The third-order valence-electron chi connectivity index (χ3n) is 2.75. The predicted molar refractivity (Wildman–Crippen MR) is 76.5 cm³/mol. The molecule has 0 fully saturated rings. The van der Waals surface area contributed by atoms with Crippen molar-refractivity contribution in [3.8, 4) is 5.75 Å². The first kappa shape index (κ1) is 13.9. The summed E-state index contributed by atoms with van der Waals surface area (Å²) in [7, 11) is 0. The third-order valence-corrected chi connectivity index (χ3v) is 4.07. The summed E-state index contributed by atoms with van der Waals surface area (Å²) in [5.41, 5.74) is 1.86. The molecule has 19 heavy (non-hydrogen) atoms. The number of thiophene rings is 1. The lowest BCUT2D eigenvalue weighted by molar-refractivity contribution is 0.0702. The number of halogens is 1. The molecule has 100 valence electrons. The average Bonchev–Trinajstić information content (AvgIpc) is 2.70. The van der Waals surface area contributed by atoms with Gasteiger partial charge in [0, 0.05) is 15.5 Å². The number of aryl methyl sites for hydroxylation is 2. The predicted octanol–water partition coefficient (Wildman–Crippen LogP) is 4.30. The summed E-state index contributed by atoms with van der Waals surface area (Å²) in [6, 6.07) is 7.08. The zero-order chi connectivity index (χ0) is 14.0. The first-order chi connectivity index (χ1) is 8.97. The summed E-state index contributed by atoms with van der Waals surface area (Å²) < 4.78 is 5.71. The van der Waals surface area contributed by atoms with Crippen molar-refractivity contribution in [2.75, 3.05) is 0 Å². The van der Waals surface area contributed by atoms with Crippen molar-refractivity contribution in [2.45, 2.75) is 20.5 Å². The van der Waals surface area contributed by atoms with E-state index in [2.05, 4.69) is 0 Å². The molecule has 0 unspecified atom stereocenters. The molecule has 0 spiro atoms. The molecule has 0 saturated carbocycles. The first-order valence-corrected chi connectivity index (χ1v) is 6.88. The van der Waals surface area contributed by atoms with Gasteiger partial charge >= 0.3 is 5.97 Å². The highest BCUT2D eigenvalue weighted by Crippen LogP contribution is 2.26. The lowest BCUT2D eigenvalue weighted by Crippen LogP contribution is -1.97. The molecule has 1 aromatic carbocycles. The van der Waals surface area contributed by atoms with E-state index in [4.69, 9.17) is 21.4 Å². The van der Waals surface area contributed by atoms with Crippen LogP contribution in [0.25, 0.3) is 0 Å². The number of hydrogen-bond donors (Lipinski definition) is 1. The Balaban J connectivity index is 2.12. The molecule has 0 aliphatic heterocycles. The van der Waals surface area contributed by atoms with Gasteiger partial charge in [-0.15, -0.1) is 11.3 Å². The zero-order valence-corrected chi connectivity index (χ0v) is 12.1. The minimum absolute atomic E-state index is 0.337. The fourth-order valence-corrected chi connectivity index (χ4v) is 2.79. The molecule has 1 heterocycles. The van der Waals surface area contributed by atoms with Crippen molar-refractivity contribution in [1.82, 2.24) is 0 Å². The van der Waals surface area contributed by atoms with E-state index in [1.807, 2.05) is 26.0 Å². The lowest BCUT2D eigenvalue weighted by Gasteiger charge is -2.09. The van der Waals surface area contributed by atoms with Crippen LogP contribution in [0.5, 0.6) is 5.75 Å². The molecule has 3 nitrogen and oxygen atoms in total. The molecule has 1 N–H and O–H groups in total. The van der Waals surface area contributed by atoms with Gasteiger partial charge in [-0.05, 0) is 43.7 Å². The Labute approximate surface area is 120 Å². The maximum absolute atomic E-state index is 10.9. The Morgan fingerprint density at radius 3 is 2.68 bits per heavy atom. The number of carboxylic acid groups (broad SMARTS) is 1. The third kappa shape index (κ3) is 3.28. The van der Waals surface area contributed by atoms with Crippen molar-refractivity contribution < 1.29 is 14.6 Å². The van der Waals surface area contributed by atoms with Crippen molar-refractivity contribution in [3.63, 3.8) is 0 Å². The van der Waals surface area contributed by atoms with Gasteiger partial charge < -0.3 is 9.84 Å². The van der Waals surface area contributed by atoms with Crippen molar-refractivity contribution >= 4 is 28.9 Å². The smallest absolute Gasteiger partial charge is 0.345 e. The van der Waals surface area contributed by atoms with Gasteiger partial charge in [0.15, 0.2) is 0 Å². The Kier molecular flexibility index (Phi) is 4.12. The molecular weight excluding hydrogens is 284 g/mol. The molecule has 5 heteroatoms. The molecule has 0 saturated heterocycles. The van der Waals surface area contributed by atoms with Crippen LogP contribution in [0.2, 0.25) is 5.02 Å². The van der Waals surface area contributed by atoms with E-state index >= 15 is 0 Å². The fourth-order valence-electron chi connectivity index (χ4n) is 1.70. The number of benzene rings is 1. The van der Waals surface area contributed by atoms with Crippen LogP contribution in [-0.4, -0.2) is 11.1 Å².